The molecule has 0 fully saturated rings. The largest absolute Gasteiger partial charge is 0.310 e. The van der Waals surface area contributed by atoms with Crippen molar-refractivity contribution >= 4 is 0 Å². The second-order valence-corrected chi connectivity index (χ2v) is 4.91. The Morgan fingerprint density at radius 1 is 1.21 bits per heavy atom. The summed E-state index contributed by atoms with van der Waals surface area (Å²) < 4.78 is 13.2. The van der Waals surface area contributed by atoms with E-state index in [4.69, 9.17) is 0 Å². The van der Waals surface area contributed by atoms with Gasteiger partial charge in [-0.25, -0.2) is 14.4 Å². The van der Waals surface area contributed by atoms with Gasteiger partial charge in [-0.3, -0.25) is 0 Å². The number of rotatable bonds is 4. The number of benzene rings is 1. The van der Waals surface area contributed by atoms with Crippen LogP contribution in [0.5, 0.6) is 0 Å². The quantitative estimate of drug-likeness (QED) is 0.917. The minimum atomic E-state index is -0.207. The number of nitrogens with zero attached hydrogens (tertiary/aromatic N) is 2. The smallest absolute Gasteiger partial charge is 0.159 e. The lowest BCUT2D eigenvalue weighted by Crippen LogP contribution is -2.21. The highest BCUT2D eigenvalue weighted by Gasteiger charge is 2.04. The van der Waals surface area contributed by atoms with E-state index in [1.54, 1.807) is 31.5 Å². The minimum Gasteiger partial charge on any atom is -0.310 e. The molecule has 2 rings (SSSR count). The molecule has 0 atom stereocenters. The third-order valence-electron chi connectivity index (χ3n) is 2.84. The summed E-state index contributed by atoms with van der Waals surface area (Å²) in [5.74, 6) is 0.415. The number of aryl methyl sites for hydroxylation is 1. The van der Waals surface area contributed by atoms with E-state index in [1.807, 2.05) is 0 Å². The van der Waals surface area contributed by atoms with Crippen LogP contribution in [0, 0.1) is 12.7 Å². The molecular formula is C15H18FN3. The highest BCUT2D eigenvalue weighted by Crippen LogP contribution is 2.18. The van der Waals surface area contributed by atoms with E-state index in [9.17, 15) is 4.39 Å². The molecule has 0 unspecified atom stereocenters. The van der Waals surface area contributed by atoms with Crippen LogP contribution in [-0.2, 0) is 6.54 Å². The molecule has 3 nitrogen and oxygen atoms in total. The lowest BCUT2D eigenvalue weighted by Gasteiger charge is -2.08. The summed E-state index contributed by atoms with van der Waals surface area (Å²) in [7, 11) is 0. The van der Waals surface area contributed by atoms with E-state index in [2.05, 4.69) is 29.1 Å². The van der Waals surface area contributed by atoms with Gasteiger partial charge >= 0.3 is 0 Å². The first-order valence-corrected chi connectivity index (χ1v) is 6.37. The maximum Gasteiger partial charge on any atom is 0.159 e. The van der Waals surface area contributed by atoms with Gasteiger partial charge in [0.25, 0.3) is 0 Å². The van der Waals surface area contributed by atoms with Gasteiger partial charge in [0.2, 0.25) is 0 Å². The molecule has 0 amide bonds. The molecule has 19 heavy (non-hydrogen) atoms. The van der Waals surface area contributed by atoms with Gasteiger partial charge < -0.3 is 5.32 Å². The first-order chi connectivity index (χ1) is 9.06. The van der Waals surface area contributed by atoms with Crippen LogP contribution < -0.4 is 5.32 Å². The van der Waals surface area contributed by atoms with Crippen molar-refractivity contribution in [1.82, 2.24) is 15.3 Å². The Bertz CT molecular complexity index is 550. The Hall–Kier alpha value is -1.81. The summed E-state index contributed by atoms with van der Waals surface area (Å²) in [6.45, 7) is 6.67. The molecule has 4 heteroatoms. The van der Waals surface area contributed by atoms with Crippen LogP contribution in [0.3, 0.4) is 0 Å². The minimum absolute atomic E-state index is 0.207. The Balaban J connectivity index is 2.15. The fourth-order valence-electron chi connectivity index (χ4n) is 1.70. The highest BCUT2D eigenvalue weighted by molar-refractivity contribution is 5.55. The monoisotopic (exact) mass is 259 g/mol. The van der Waals surface area contributed by atoms with Gasteiger partial charge in [-0.15, -0.1) is 0 Å². The zero-order valence-electron chi connectivity index (χ0n) is 11.4. The predicted molar refractivity (Wildman–Crippen MR) is 74.1 cm³/mol. The summed E-state index contributed by atoms with van der Waals surface area (Å²) in [4.78, 5) is 8.65. The van der Waals surface area contributed by atoms with Gasteiger partial charge in [0.05, 0.1) is 0 Å². The van der Waals surface area contributed by atoms with Crippen LogP contribution in [0.15, 0.2) is 30.6 Å². The molecule has 0 radical (unpaired) electrons. The molecule has 100 valence electrons. The molecule has 1 aromatic carbocycles. The maximum atomic E-state index is 13.2. The van der Waals surface area contributed by atoms with Crippen LogP contribution in [0.4, 0.5) is 4.39 Å². The molecule has 2 aromatic rings. The molecule has 1 heterocycles. The maximum absolute atomic E-state index is 13.2. The van der Waals surface area contributed by atoms with Crippen LogP contribution >= 0.6 is 0 Å². The Morgan fingerprint density at radius 2 is 1.89 bits per heavy atom. The van der Waals surface area contributed by atoms with Gasteiger partial charge in [-0.1, -0.05) is 13.8 Å². The number of nitrogens with one attached hydrogen (secondary N) is 1. The lowest BCUT2D eigenvalue weighted by atomic mass is 10.1. The highest BCUT2D eigenvalue weighted by atomic mass is 19.1. The second kappa shape index (κ2) is 5.89. The van der Waals surface area contributed by atoms with E-state index < -0.39 is 0 Å². The standard InChI is InChI=1S/C15H18FN3/c1-10(2)17-7-12-8-18-15(19-9-12)13-4-5-14(16)11(3)6-13/h4-6,8-10,17H,7H2,1-3H3. The predicted octanol–water partition coefficient (Wildman–Crippen LogP) is 3.09. The first-order valence-electron chi connectivity index (χ1n) is 6.37. The molecule has 0 bridgehead atoms. The van der Waals surface area contributed by atoms with Crippen molar-refractivity contribution in [3.8, 4) is 11.4 Å². The Labute approximate surface area is 112 Å². The Morgan fingerprint density at radius 3 is 2.47 bits per heavy atom. The van der Waals surface area contributed by atoms with Crippen molar-refractivity contribution in [2.75, 3.05) is 0 Å². The van der Waals surface area contributed by atoms with E-state index in [1.165, 1.54) is 6.07 Å². The van der Waals surface area contributed by atoms with Crippen molar-refractivity contribution in [2.45, 2.75) is 33.4 Å². The first kappa shape index (κ1) is 13.6. The Kier molecular flexibility index (Phi) is 4.22. The molecule has 0 spiro atoms. The fourth-order valence-corrected chi connectivity index (χ4v) is 1.70. The van der Waals surface area contributed by atoms with Gasteiger partial charge in [0, 0.05) is 36.1 Å². The SMILES string of the molecule is Cc1cc(-c2ncc(CNC(C)C)cn2)ccc1F. The van der Waals surface area contributed by atoms with Crippen LogP contribution in [0.2, 0.25) is 0 Å². The molecule has 1 N–H and O–H groups in total. The zero-order chi connectivity index (χ0) is 13.8. The van der Waals surface area contributed by atoms with E-state index in [-0.39, 0.29) is 5.82 Å². The fraction of sp³-hybridized carbons (Fsp3) is 0.333. The summed E-state index contributed by atoms with van der Waals surface area (Å²) in [6, 6.07) is 5.34. The summed E-state index contributed by atoms with van der Waals surface area (Å²) >= 11 is 0. The van der Waals surface area contributed by atoms with E-state index >= 15 is 0 Å². The third kappa shape index (κ3) is 3.58. The van der Waals surface area contributed by atoms with Crippen LogP contribution in [-0.4, -0.2) is 16.0 Å². The van der Waals surface area contributed by atoms with E-state index in [0.29, 0.717) is 17.4 Å². The molecule has 1 aromatic heterocycles. The van der Waals surface area contributed by atoms with Crippen LogP contribution in [0.25, 0.3) is 11.4 Å². The summed E-state index contributed by atoms with van der Waals surface area (Å²) in [5.41, 5.74) is 2.48. The van der Waals surface area contributed by atoms with Gasteiger partial charge in [-0.2, -0.15) is 0 Å². The normalized spacial score (nSPS) is 11.0. The number of halogens is 1. The van der Waals surface area contributed by atoms with Crippen molar-refractivity contribution in [1.29, 1.82) is 0 Å². The van der Waals surface area contributed by atoms with Gasteiger partial charge in [-0.05, 0) is 30.7 Å². The number of hydrogen-bond acceptors (Lipinski definition) is 3. The molecule has 0 aliphatic carbocycles. The molecule has 0 saturated carbocycles. The number of hydrogen-bond donors (Lipinski definition) is 1. The lowest BCUT2D eigenvalue weighted by molar-refractivity contribution is 0.587. The molecule has 0 saturated heterocycles. The third-order valence-corrected chi connectivity index (χ3v) is 2.84. The molecule has 0 aliphatic rings. The van der Waals surface area contributed by atoms with Gasteiger partial charge in [0.1, 0.15) is 5.82 Å². The summed E-state index contributed by atoms with van der Waals surface area (Å²) in [5, 5.41) is 3.31. The van der Waals surface area contributed by atoms with Crippen molar-refractivity contribution < 1.29 is 4.39 Å². The molecule has 0 aliphatic heterocycles. The van der Waals surface area contributed by atoms with Crippen molar-refractivity contribution in [2.24, 2.45) is 0 Å². The topological polar surface area (TPSA) is 37.8 Å². The summed E-state index contributed by atoms with van der Waals surface area (Å²) in [6.07, 6.45) is 3.60. The zero-order valence-corrected chi connectivity index (χ0v) is 11.4. The molecular weight excluding hydrogens is 241 g/mol. The average molecular weight is 259 g/mol. The van der Waals surface area contributed by atoms with Crippen molar-refractivity contribution in [3.05, 3.63) is 47.5 Å². The second-order valence-electron chi connectivity index (χ2n) is 4.91. The number of aromatic nitrogens is 2. The van der Waals surface area contributed by atoms with E-state index in [0.717, 1.165) is 17.7 Å². The van der Waals surface area contributed by atoms with Crippen LogP contribution in [0.1, 0.15) is 25.0 Å². The van der Waals surface area contributed by atoms with Gasteiger partial charge in [0.15, 0.2) is 5.82 Å². The average Bonchev–Trinajstić information content (AvgIpc) is 2.40. The van der Waals surface area contributed by atoms with Crippen molar-refractivity contribution in [3.63, 3.8) is 0 Å².